The van der Waals surface area contributed by atoms with Gasteiger partial charge in [-0.25, -0.2) is 13.8 Å². The molecule has 0 aliphatic rings. The molecule has 100 valence electrons. The van der Waals surface area contributed by atoms with E-state index in [1.54, 1.807) is 7.05 Å². The Bertz CT molecular complexity index is 602. The number of carbonyl (C=O) groups excluding carboxylic acids is 1. The number of hydrogen-bond donors (Lipinski definition) is 2. The lowest BCUT2D eigenvalue weighted by molar-refractivity contribution is 0.0949. The maximum Gasteiger partial charge on any atom is 0.251 e. The zero-order valence-electron chi connectivity index (χ0n) is 10.0. The first-order chi connectivity index (χ1) is 8.97. The summed E-state index contributed by atoms with van der Waals surface area (Å²) in [5, 5.41) is 6.40. The number of nitrogens with one attached hydrogen (secondary N) is 1. The van der Waals surface area contributed by atoms with Crippen LogP contribution in [0.4, 0.5) is 14.5 Å². The SMILES string of the molecule is Cn1cnc(CNC(=O)c2cc(F)c(N)c(F)c2)n1. The van der Waals surface area contributed by atoms with Crippen LogP contribution in [0, 0.1) is 11.6 Å². The Morgan fingerprint density at radius 3 is 2.58 bits per heavy atom. The summed E-state index contributed by atoms with van der Waals surface area (Å²) in [5.74, 6) is -2.18. The third-order valence-electron chi connectivity index (χ3n) is 2.40. The molecule has 8 heteroatoms. The van der Waals surface area contributed by atoms with Crippen molar-refractivity contribution in [2.75, 3.05) is 5.73 Å². The second-order valence-electron chi connectivity index (χ2n) is 3.87. The summed E-state index contributed by atoms with van der Waals surface area (Å²) in [6.45, 7) is 0.0628. The van der Waals surface area contributed by atoms with Gasteiger partial charge in [0.2, 0.25) is 0 Å². The minimum Gasteiger partial charge on any atom is -0.394 e. The zero-order valence-corrected chi connectivity index (χ0v) is 10.0. The molecular weight excluding hydrogens is 256 g/mol. The first-order valence-corrected chi connectivity index (χ1v) is 5.34. The summed E-state index contributed by atoms with van der Waals surface area (Å²) in [6, 6.07) is 1.75. The third-order valence-corrected chi connectivity index (χ3v) is 2.40. The van der Waals surface area contributed by atoms with E-state index in [0.29, 0.717) is 5.82 Å². The van der Waals surface area contributed by atoms with Gasteiger partial charge in [0.15, 0.2) is 5.82 Å². The first-order valence-electron chi connectivity index (χ1n) is 5.34. The van der Waals surface area contributed by atoms with Crippen molar-refractivity contribution in [3.63, 3.8) is 0 Å². The molecule has 1 heterocycles. The highest BCUT2D eigenvalue weighted by Crippen LogP contribution is 2.17. The van der Waals surface area contributed by atoms with Gasteiger partial charge in [0, 0.05) is 12.6 Å². The van der Waals surface area contributed by atoms with Crippen molar-refractivity contribution in [3.8, 4) is 0 Å². The fourth-order valence-electron chi connectivity index (χ4n) is 1.44. The first kappa shape index (κ1) is 12.9. The molecule has 2 aromatic rings. The van der Waals surface area contributed by atoms with Gasteiger partial charge < -0.3 is 11.1 Å². The van der Waals surface area contributed by atoms with Gasteiger partial charge in [0.25, 0.3) is 5.91 Å². The second-order valence-corrected chi connectivity index (χ2v) is 3.87. The van der Waals surface area contributed by atoms with E-state index < -0.39 is 23.2 Å². The van der Waals surface area contributed by atoms with Crippen LogP contribution in [0.15, 0.2) is 18.5 Å². The lowest BCUT2D eigenvalue weighted by Crippen LogP contribution is -2.24. The van der Waals surface area contributed by atoms with Crippen LogP contribution in [-0.4, -0.2) is 20.7 Å². The molecule has 1 aromatic carbocycles. The molecule has 0 saturated carbocycles. The van der Waals surface area contributed by atoms with Crippen molar-refractivity contribution in [2.24, 2.45) is 7.05 Å². The second kappa shape index (κ2) is 5.01. The average Bonchev–Trinajstić information content (AvgIpc) is 2.78. The summed E-state index contributed by atoms with van der Waals surface area (Å²) in [7, 11) is 1.68. The number of hydrogen-bond acceptors (Lipinski definition) is 4. The van der Waals surface area contributed by atoms with Crippen LogP contribution in [0.5, 0.6) is 0 Å². The van der Waals surface area contributed by atoms with E-state index in [-0.39, 0.29) is 12.1 Å². The molecule has 0 aliphatic carbocycles. The van der Waals surface area contributed by atoms with E-state index in [1.807, 2.05) is 0 Å². The van der Waals surface area contributed by atoms with Crippen LogP contribution in [0.2, 0.25) is 0 Å². The van der Waals surface area contributed by atoms with Crippen LogP contribution >= 0.6 is 0 Å². The topological polar surface area (TPSA) is 85.8 Å². The number of halogens is 2. The highest BCUT2D eigenvalue weighted by Gasteiger charge is 2.13. The average molecular weight is 267 g/mol. The van der Waals surface area contributed by atoms with Crippen LogP contribution in [0.25, 0.3) is 0 Å². The predicted octanol–water partition coefficient (Wildman–Crippen LogP) is 0.605. The number of nitrogens with two attached hydrogens (primary N) is 1. The van der Waals surface area contributed by atoms with Crippen LogP contribution in [-0.2, 0) is 13.6 Å². The maximum absolute atomic E-state index is 13.2. The number of aromatic nitrogens is 3. The van der Waals surface area contributed by atoms with E-state index in [2.05, 4.69) is 15.4 Å². The minimum atomic E-state index is -0.971. The minimum absolute atomic E-state index is 0.0628. The molecule has 0 spiro atoms. The summed E-state index contributed by atoms with van der Waals surface area (Å²) in [5.41, 5.74) is 4.35. The van der Waals surface area contributed by atoms with E-state index in [1.165, 1.54) is 11.0 Å². The lowest BCUT2D eigenvalue weighted by Gasteiger charge is -2.05. The lowest BCUT2D eigenvalue weighted by atomic mass is 10.1. The molecule has 0 aliphatic heterocycles. The largest absolute Gasteiger partial charge is 0.394 e. The molecule has 2 rings (SSSR count). The Balaban J connectivity index is 2.08. The van der Waals surface area contributed by atoms with Crippen molar-refractivity contribution in [3.05, 3.63) is 41.5 Å². The number of anilines is 1. The van der Waals surface area contributed by atoms with Crippen molar-refractivity contribution >= 4 is 11.6 Å². The van der Waals surface area contributed by atoms with Gasteiger partial charge in [0.05, 0.1) is 6.54 Å². The van der Waals surface area contributed by atoms with Gasteiger partial charge in [-0.3, -0.25) is 9.48 Å². The zero-order chi connectivity index (χ0) is 14.0. The van der Waals surface area contributed by atoms with Crippen LogP contribution < -0.4 is 11.1 Å². The van der Waals surface area contributed by atoms with Crippen LogP contribution in [0.1, 0.15) is 16.2 Å². The highest BCUT2D eigenvalue weighted by atomic mass is 19.1. The predicted molar refractivity (Wildman–Crippen MR) is 62.9 cm³/mol. The Morgan fingerprint density at radius 2 is 2.05 bits per heavy atom. The number of carbonyl (C=O) groups is 1. The summed E-state index contributed by atoms with van der Waals surface area (Å²) in [4.78, 5) is 15.6. The Labute approximate surface area is 107 Å². The smallest absolute Gasteiger partial charge is 0.251 e. The number of nitrogens with zero attached hydrogens (tertiary/aromatic N) is 3. The summed E-state index contributed by atoms with van der Waals surface area (Å²) in [6.07, 6.45) is 1.48. The van der Waals surface area contributed by atoms with E-state index in [0.717, 1.165) is 12.1 Å². The molecule has 0 fully saturated rings. The fraction of sp³-hybridized carbons (Fsp3) is 0.182. The van der Waals surface area contributed by atoms with Gasteiger partial charge in [-0.2, -0.15) is 5.10 Å². The molecule has 0 saturated heterocycles. The molecule has 0 radical (unpaired) electrons. The molecule has 0 unspecified atom stereocenters. The maximum atomic E-state index is 13.2. The molecule has 1 aromatic heterocycles. The molecular formula is C11H11F2N5O. The number of benzene rings is 1. The van der Waals surface area contributed by atoms with E-state index >= 15 is 0 Å². The van der Waals surface area contributed by atoms with Gasteiger partial charge in [0.1, 0.15) is 23.6 Å². The number of nitrogen functional groups attached to an aromatic ring is 1. The van der Waals surface area contributed by atoms with Gasteiger partial charge in [-0.15, -0.1) is 0 Å². The Hall–Kier alpha value is -2.51. The monoisotopic (exact) mass is 267 g/mol. The standard InChI is InChI=1S/C11H11F2N5O/c1-18-5-16-9(17-18)4-15-11(19)6-2-7(12)10(14)8(13)3-6/h2-3,5H,4,14H2,1H3,(H,15,19). The van der Waals surface area contributed by atoms with Crippen molar-refractivity contribution in [1.29, 1.82) is 0 Å². The van der Waals surface area contributed by atoms with Gasteiger partial charge in [-0.05, 0) is 12.1 Å². The van der Waals surface area contributed by atoms with Crippen molar-refractivity contribution < 1.29 is 13.6 Å². The van der Waals surface area contributed by atoms with Crippen molar-refractivity contribution in [1.82, 2.24) is 20.1 Å². The molecule has 0 atom stereocenters. The Kier molecular flexibility index (Phi) is 3.41. The molecule has 3 N–H and O–H groups in total. The number of aryl methyl sites for hydroxylation is 1. The van der Waals surface area contributed by atoms with E-state index in [9.17, 15) is 13.6 Å². The highest BCUT2D eigenvalue weighted by molar-refractivity contribution is 5.94. The molecule has 19 heavy (non-hydrogen) atoms. The van der Waals surface area contributed by atoms with Gasteiger partial charge >= 0.3 is 0 Å². The summed E-state index contributed by atoms with van der Waals surface area (Å²) >= 11 is 0. The molecule has 6 nitrogen and oxygen atoms in total. The number of rotatable bonds is 3. The normalized spacial score (nSPS) is 10.5. The Morgan fingerprint density at radius 1 is 1.42 bits per heavy atom. The third kappa shape index (κ3) is 2.84. The van der Waals surface area contributed by atoms with Crippen LogP contribution in [0.3, 0.4) is 0 Å². The molecule has 0 bridgehead atoms. The van der Waals surface area contributed by atoms with Gasteiger partial charge in [-0.1, -0.05) is 0 Å². The quantitative estimate of drug-likeness (QED) is 0.798. The summed E-state index contributed by atoms with van der Waals surface area (Å²) < 4.78 is 27.9. The molecule has 1 amide bonds. The fourth-order valence-corrected chi connectivity index (χ4v) is 1.44. The van der Waals surface area contributed by atoms with E-state index in [4.69, 9.17) is 5.73 Å². The van der Waals surface area contributed by atoms with Crippen molar-refractivity contribution in [2.45, 2.75) is 6.54 Å². The number of amides is 1.